The van der Waals surface area contributed by atoms with Crippen molar-refractivity contribution < 1.29 is 9.59 Å². The first-order valence-corrected chi connectivity index (χ1v) is 9.57. The number of nitrogens with one attached hydrogen (secondary N) is 1. The van der Waals surface area contributed by atoms with Gasteiger partial charge in [-0.3, -0.25) is 9.59 Å². The second-order valence-electron chi connectivity index (χ2n) is 8.78. The Kier molecular flexibility index (Phi) is 4.76. The van der Waals surface area contributed by atoms with Gasteiger partial charge in [0.2, 0.25) is 11.8 Å². The van der Waals surface area contributed by atoms with Gasteiger partial charge in [0.25, 0.3) is 0 Å². The Morgan fingerprint density at radius 3 is 2.19 bits per heavy atom. The maximum absolute atomic E-state index is 13.0. The molecule has 26 heavy (non-hydrogen) atoms. The molecule has 1 aromatic rings. The molecular weight excluding hydrogens is 326 g/mol. The normalized spacial score (nSPS) is 19.3. The summed E-state index contributed by atoms with van der Waals surface area (Å²) in [4.78, 5) is 29.9. The molecule has 5 nitrogen and oxygen atoms in total. The number of carbonyl (C=O) groups is 2. The third kappa shape index (κ3) is 3.57. The van der Waals surface area contributed by atoms with Crippen LogP contribution in [-0.2, 0) is 9.59 Å². The predicted octanol–water partition coefficient (Wildman–Crippen LogP) is 2.65. The summed E-state index contributed by atoms with van der Waals surface area (Å²) in [6.07, 6.45) is 1.34. The van der Waals surface area contributed by atoms with Crippen LogP contribution in [0.3, 0.4) is 0 Å². The van der Waals surface area contributed by atoms with Gasteiger partial charge in [0.05, 0.1) is 0 Å². The molecule has 2 amide bonds. The standard InChI is InChI=1S/C21H31N3O2/c1-15-7-6-8-17(16(15)2)23-11-13-24(14-12-23)19(26)21(9-10-21)18(25)22-20(3,4)5/h6-8H,9-14H2,1-5H3,(H,22,25). The smallest absolute Gasteiger partial charge is 0.238 e. The van der Waals surface area contributed by atoms with Crippen LogP contribution >= 0.6 is 0 Å². The minimum atomic E-state index is -0.811. The molecule has 1 saturated carbocycles. The van der Waals surface area contributed by atoms with E-state index in [1.165, 1.54) is 16.8 Å². The van der Waals surface area contributed by atoms with E-state index in [9.17, 15) is 9.59 Å². The van der Waals surface area contributed by atoms with E-state index in [1.54, 1.807) is 0 Å². The molecule has 1 heterocycles. The first-order chi connectivity index (χ1) is 12.1. The Hall–Kier alpha value is -2.04. The molecule has 0 aromatic heterocycles. The summed E-state index contributed by atoms with van der Waals surface area (Å²) in [7, 11) is 0. The minimum Gasteiger partial charge on any atom is -0.368 e. The molecule has 0 bridgehead atoms. The van der Waals surface area contributed by atoms with Crippen LogP contribution in [0.1, 0.15) is 44.7 Å². The second kappa shape index (κ2) is 6.60. The van der Waals surface area contributed by atoms with E-state index in [-0.39, 0.29) is 17.4 Å². The molecule has 1 saturated heterocycles. The van der Waals surface area contributed by atoms with Gasteiger partial charge in [0, 0.05) is 37.4 Å². The van der Waals surface area contributed by atoms with E-state index >= 15 is 0 Å². The van der Waals surface area contributed by atoms with Gasteiger partial charge < -0.3 is 15.1 Å². The second-order valence-corrected chi connectivity index (χ2v) is 8.78. The Morgan fingerprint density at radius 1 is 1.04 bits per heavy atom. The molecule has 1 aliphatic heterocycles. The van der Waals surface area contributed by atoms with Crippen LogP contribution in [0.15, 0.2) is 18.2 Å². The first-order valence-electron chi connectivity index (χ1n) is 9.57. The number of benzene rings is 1. The maximum atomic E-state index is 13.0. The van der Waals surface area contributed by atoms with Crippen molar-refractivity contribution >= 4 is 17.5 Å². The third-order valence-electron chi connectivity index (χ3n) is 5.57. The number of carbonyl (C=O) groups excluding carboxylic acids is 2. The predicted molar refractivity (Wildman–Crippen MR) is 104 cm³/mol. The lowest BCUT2D eigenvalue weighted by molar-refractivity contribution is -0.145. The van der Waals surface area contributed by atoms with Gasteiger partial charge in [-0.2, -0.15) is 0 Å². The van der Waals surface area contributed by atoms with Crippen molar-refractivity contribution in [2.75, 3.05) is 31.1 Å². The Morgan fingerprint density at radius 2 is 1.65 bits per heavy atom. The van der Waals surface area contributed by atoms with Gasteiger partial charge >= 0.3 is 0 Å². The summed E-state index contributed by atoms with van der Waals surface area (Å²) in [5.41, 5.74) is 2.72. The van der Waals surface area contributed by atoms with Crippen molar-refractivity contribution in [3.63, 3.8) is 0 Å². The number of amides is 2. The summed E-state index contributed by atoms with van der Waals surface area (Å²) in [5.74, 6) is -0.0909. The van der Waals surface area contributed by atoms with E-state index in [0.717, 1.165) is 13.1 Å². The number of rotatable bonds is 3. The van der Waals surface area contributed by atoms with Gasteiger partial charge in [-0.25, -0.2) is 0 Å². The Bertz CT molecular complexity index is 708. The molecule has 1 aliphatic carbocycles. The fraction of sp³-hybridized carbons (Fsp3) is 0.619. The van der Waals surface area contributed by atoms with Crippen LogP contribution < -0.4 is 10.2 Å². The minimum absolute atomic E-state index is 0.0138. The van der Waals surface area contributed by atoms with E-state index < -0.39 is 5.41 Å². The molecule has 0 radical (unpaired) electrons. The van der Waals surface area contributed by atoms with E-state index in [2.05, 4.69) is 42.3 Å². The molecule has 1 N–H and O–H groups in total. The van der Waals surface area contributed by atoms with Crippen LogP contribution in [0.5, 0.6) is 0 Å². The Labute approximate surface area is 156 Å². The highest BCUT2D eigenvalue weighted by Gasteiger charge is 2.58. The number of hydrogen-bond acceptors (Lipinski definition) is 3. The molecule has 1 aromatic carbocycles. The number of piperazine rings is 1. The Balaban J connectivity index is 1.64. The molecule has 0 atom stereocenters. The monoisotopic (exact) mass is 357 g/mol. The molecule has 0 unspecified atom stereocenters. The molecule has 3 rings (SSSR count). The quantitative estimate of drug-likeness (QED) is 0.846. The molecule has 2 aliphatic rings. The van der Waals surface area contributed by atoms with E-state index in [1.807, 2.05) is 25.7 Å². The molecular formula is C21H31N3O2. The van der Waals surface area contributed by atoms with Crippen molar-refractivity contribution in [1.82, 2.24) is 10.2 Å². The van der Waals surface area contributed by atoms with Crippen molar-refractivity contribution in [3.05, 3.63) is 29.3 Å². The van der Waals surface area contributed by atoms with Gasteiger partial charge in [-0.15, -0.1) is 0 Å². The fourth-order valence-electron chi connectivity index (χ4n) is 3.65. The zero-order valence-electron chi connectivity index (χ0n) is 16.7. The largest absolute Gasteiger partial charge is 0.368 e. The number of hydrogen-bond donors (Lipinski definition) is 1. The average molecular weight is 357 g/mol. The summed E-state index contributed by atoms with van der Waals surface area (Å²) in [6.45, 7) is 13.1. The highest BCUT2D eigenvalue weighted by atomic mass is 16.2. The number of anilines is 1. The average Bonchev–Trinajstić information content (AvgIpc) is 3.37. The zero-order chi connectivity index (χ0) is 19.1. The molecule has 142 valence electrons. The SMILES string of the molecule is Cc1cccc(N2CCN(C(=O)C3(C(=O)NC(C)(C)C)CC3)CC2)c1C. The van der Waals surface area contributed by atoms with Crippen molar-refractivity contribution in [2.45, 2.75) is 53.0 Å². The molecule has 0 spiro atoms. The van der Waals surface area contributed by atoms with E-state index in [4.69, 9.17) is 0 Å². The maximum Gasteiger partial charge on any atom is 0.238 e. The molecule has 2 fully saturated rings. The van der Waals surface area contributed by atoms with Crippen molar-refractivity contribution in [3.8, 4) is 0 Å². The van der Waals surface area contributed by atoms with Gasteiger partial charge in [0.15, 0.2) is 0 Å². The van der Waals surface area contributed by atoms with Crippen molar-refractivity contribution in [2.24, 2.45) is 5.41 Å². The van der Waals surface area contributed by atoms with Crippen LogP contribution in [0.4, 0.5) is 5.69 Å². The summed E-state index contributed by atoms with van der Waals surface area (Å²) in [6, 6.07) is 6.37. The first kappa shape index (κ1) is 18.7. The van der Waals surface area contributed by atoms with Crippen molar-refractivity contribution in [1.29, 1.82) is 0 Å². The van der Waals surface area contributed by atoms with Crippen LogP contribution in [-0.4, -0.2) is 48.4 Å². The summed E-state index contributed by atoms with van der Waals surface area (Å²) < 4.78 is 0. The van der Waals surface area contributed by atoms with Crippen LogP contribution in [0.25, 0.3) is 0 Å². The lowest BCUT2D eigenvalue weighted by atomic mass is 10.00. The number of nitrogens with zero attached hydrogens (tertiary/aromatic N) is 2. The van der Waals surface area contributed by atoms with Gasteiger partial charge in [-0.1, -0.05) is 12.1 Å². The highest BCUT2D eigenvalue weighted by Crippen LogP contribution is 2.48. The van der Waals surface area contributed by atoms with Crippen LogP contribution in [0.2, 0.25) is 0 Å². The third-order valence-corrected chi connectivity index (χ3v) is 5.57. The lowest BCUT2D eigenvalue weighted by Gasteiger charge is -2.38. The van der Waals surface area contributed by atoms with Gasteiger partial charge in [0.1, 0.15) is 5.41 Å². The molecule has 5 heteroatoms. The van der Waals surface area contributed by atoms with E-state index in [0.29, 0.717) is 25.9 Å². The summed E-state index contributed by atoms with van der Waals surface area (Å²) >= 11 is 0. The van der Waals surface area contributed by atoms with Crippen LogP contribution in [0, 0.1) is 19.3 Å². The summed E-state index contributed by atoms with van der Waals surface area (Å²) in [5, 5.41) is 2.99. The zero-order valence-corrected chi connectivity index (χ0v) is 16.7. The lowest BCUT2D eigenvalue weighted by Crippen LogP contribution is -2.55. The highest BCUT2D eigenvalue weighted by molar-refractivity contribution is 6.08. The number of aryl methyl sites for hydroxylation is 1. The van der Waals surface area contributed by atoms with Gasteiger partial charge in [-0.05, 0) is 64.7 Å². The topological polar surface area (TPSA) is 52.7 Å². The fourth-order valence-corrected chi connectivity index (χ4v) is 3.65.